The van der Waals surface area contributed by atoms with Crippen LogP contribution in [0.5, 0.6) is 0 Å². The summed E-state index contributed by atoms with van der Waals surface area (Å²) in [4.78, 5) is 22.7. The van der Waals surface area contributed by atoms with Crippen LogP contribution in [0.2, 0.25) is 0 Å². The summed E-state index contributed by atoms with van der Waals surface area (Å²) in [6.45, 7) is 3.23. The smallest absolute Gasteiger partial charge is 0.326 e. The number of nitrogens with two attached hydrogens (primary N) is 1. The molecule has 0 rings (SSSR count). The summed E-state index contributed by atoms with van der Waals surface area (Å²) in [6.07, 6.45) is 0.845. The van der Waals surface area contributed by atoms with Gasteiger partial charge in [0.2, 0.25) is 5.91 Å². The zero-order chi connectivity index (χ0) is 14.6. The molecule has 0 fully saturated rings. The van der Waals surface area contributed by atoms with Gasteiger partial charge < -0.3 is 16.2 Å². The van der Waals surface area contributed by atoms with Gasteiger partial charge in [-0.25, -0.2) is 13.2 Å². The Morgan fingerprint density at radius 2 is 1.89 bits per heavy atom. The molecular weight excluding hydrogens is 260 g/mol. The Balaban J connectivity index is 4.66. The van der Waals surface area contributed by atoms with Crippen LogP contribution >= 0.6 is 0 Å². The van der Waals surface area contributed by atoms with Gasteiger partial charge in [-0.1, -0.05) is 0 Å². The minimum atomic E-state index is -3.27. The number of sulfone groups is 1. The number of amides is 1. The van der Waals surface area contributed by atoms with E-state index in [9.17, 15) is 18.0 Å². The third kappa shape index (κ3) is 5.97. The number of hydrogen-bond donors (Lipinski definition) is 3. The van der Waals surface area contributed by atoms with Gasteiger partial charge in [-0.05, 0) is 20.3 Å². The third-order valence-electron chi connectivity index (χ3n) is 2.51. The van der Waals surface area contributed by atoms with Crippen molar-refractivity contribution < 1.29 is 23.1 Å². The minimum absolute atomic E-state index is 0.0667. The normalized spacial score (nSPS) is 14.0. The first-order valence-electron chi connectivity index (χ1n) is 5.41. The van der Waals surface area contributed by atoms with E-state index in [0.717, 1.165) is 6.26 Å². The molecule has 0 saturated carbocycles. The topological polar surface area (TPSA) is 127 Å². The molecule has 0 aliphatic heterocycles. The predicted molar refractivity (Wildman–Crippen MR) is 66.7 cm³/mol. The van der Waals surface area contributed by atoms with Crippen LogP contribution in [0.25, 0.3) is 0 Å². The maximum absolute atomic E-state index is 11.7. The molecule has 4 N–H and O–H groups in total. The van der Waals surface area contributed by atoms with E-state index in [1.807, 2.05) is 0 Å². The average molecular weight is 280 g/mol. The molecule has 0 aromatic rings. The van der Waals surface area contributed by atoms with E-state index >= 15 is 0 Å². The first-order chi connectivity index (χ1) is 7.99. The molecule has 1 atom stereocenters. The first kappa shape index (κ1) is 16.9. The monoisotopic (exact) mass is 280 g/mol. The number of aliphatic carboxylic acids is 1. The average Bonchev–Trinajstić information content (AvgIpc) is 2.21. The van der Waals surface area contributed by atoms with Crippen molar-refractivity contribution in [2.45, 2.75) is 26.3 Å². The number of rotatable bonds is 7. The van der Waals surface area contributed by atoms with Crippen LogP contribution in [0.4, 0.5) is 0 Å². The Hall–Kier alpha value is -1.15. The van der Waals surface area contributed by atoms with Gasteiger partial charge in [-0.2, -0.15) is 0 Å². The van der Waals surface area contributed by atoms with Crippen molar-refractivity contribution >= 4 is 21.7 Å². The molecule has 7 nitrogen and oxygen atoms in total. The summed E-state index contributed by atoms with van der Waals surface area (Å²) in [5, 5.41) is 11.2. The maximum Gasteiger partial charge on any atom is 0.326 e. The second kappa shape index (κ2) is 6.14. The molecule has 18 heavy (non-hydrogen) atoms. The number of carboxylic acids is 1. The van der Waals surface area contributed by atoms with Crippen molar-refractivity contribution in [1.82, 2.24) is 5.32 Å². The number of hydrogen-bond acceptors (Lipinski definition) is 5. The Bertz CT molecular complexity index is 416. The van der Waals surface area contributed by atoms with Gasteiger partial charge in [-0.3, -0.25) is 4.79 Å². The lowest BCUT2D eigenvalue weighted by molar-refractivity contribution is -0.143. The fraction of sp³-hybridized carbons (Fsp3) is 0.800. The fourth-order valence-electron chi connectivity index (χ4n) is 1.04. The molecule has 0 aliphatic carbocycles. The highest BCUT2D eigenvalue weighted by molar-refractivity contribution is 7.90. The predicted octanol–water partition coefficient (Wildman–Crippen LogP) is -1.02. The van der Waals surface area contributed by atoms with Gasteiger partial charge in [-0.15, -0.1) is 0 Å². The summed E-state index contributed by atoms with van der Waals surface area (Å²) >= 11 is 0. The van der Waals surface area contributed by atoms with Gasteiger partial charge in [0, 0.05) is 12.8 Å². The van der Waals surface area contributed by atoms with E-state index in [2.05, 4.69) is 5.32 Å². The zero-order valence-electron chi connectivity index (χ0n) is 10.8. The van der Waals surface area contributed by atoms with Crippen LogP contribution in [-0.4, -0.2) is 50.0 Å². The lowest BCUT2D eigenvalue weighted by Gasteiger charge is -2.24. The quantitative estimate of drug-likeness (QED) is 0.547. The largest absolute Gasteiger partial charge is 0.480 e. The molecule has 1 unspecified atom stereocenters. The second-order valence-corrected chi connectivity index (χ2v) is 7.13. The van der Waals surface area contributed by atoms with Crippen LogP contribution in [0.1, 0.15) is 20.3 Å². The lowest BCUT2D eigenvalue weighted by Crippen LogP contribution is -2.49. The van der Waals surface area contributed by atoms with E-state index < -0.39 is 33.2 Å². The molecule has 0 spiro atoms. The highest BCUT2D eigenvalue weighted by Crippen LogP contribution is 2.13. The Morgan fingerprint density at radius 1 is 1.39 bits per heavy atom. The van der Waals surface area contributed by atoms with Crippen LogP contribution < -0.4 is 11.1 Å². The lowest BCUT2D eigenvalue weighted by atomic mass is 9.92. The first-order valence-corrected chi connectivity index (χ1v) is 7.47. The van der Waals surface area contributed by atoms with Crippen LogP contribution in [-0.2, 0) is 19.4 Å². The minimum Gasteiger partial charge on any atom is -0.480 e. The maximum atomic E-state index is 11.7. The Kier molecular flexibility index (Phi) is 5.75. The fourth-order valence-corrected chi connectivity index (χ4v) is 1.70. The highest BCUT2D eigenvalue weighted by Gasteiger charge is 2.30. The van der Waals surface area contributed by atoms with Gasteiger partial charge in [0.25, 0.3) is 0 Å². The van der Waals surface area contributed by atoms with E-state index in [-0.39, 0.29) is 18.7 Å². The summed E-state index contributed by atoms with van der Waals surface area (Å²) in [6, 6.07) is -1.22. The van der Waals surface area contributed by atoms with Gasteiger partial charge >= 0.3 is 5.97 Å². The molecule has 8 heteroatoms. The van der Waals surface area contributed by atoms with E-state index in [0.29, 0.717) is 0 Å². The van der Waals surface area contributed by atoms with Gasteiger partial charge in [0.15, 0.2) is 0 Å². The number of carbonyl (C=O) groups is 2. The number of nitrogens with one attached hydrogen (secondary N) is 1. The zero-order valence-corrected chi connectivity index (χ0v) is 11.6. The molecule has 0 saturated heterocycles. The summed E-state index contributed by atoms with van der Waals surface area (Å²) in [5.41, 5.74) is 4.51. The molecule has 0 bridgehead atoms. The van der Waals surface area contributed by atoms with Crippen molar-refractivity contribution in [2.24, 2.45) is 11.1 Å². The molecule has 1 amide bonds. The van der Waals surface area contributed by atoms with Gasteiger partial charge in [0.1, 0.15) is 15.9 Å². The molecule has 0 aromatic heterocycles. The number of carbonyl (C=O) groups excluding carboxylic acids is 1. The van der Waals surface area contributed by atoms with Crippen molar-refractivity contribution in [1.29, 1.82) is 0 Å². The summed E-state index contributed by atoms with van der Waals surface area (Å²) < 4.78 is 21.9. The van der Waals surface area contributed by atoms with Gasteiger partial charge in [0.05, 0.1) is 11.2 Å². The number of carboxylic acid groups (broad SMARTS) is 1. The van der Waals surface area contributed by atoms with E-state index in [4.69, 9.17) is 10.8 Å². The molecule has 106 valence electrons. The van der Waals surface area contributed by atoms with Crippen molar-refractivity contribution in [3.8, 4) is 0 Å². The van der Waals surface area contributed by atoms with Crippen LogP contribution in [0.15, 0.2) is 0 Å². The van der Waals surface area contributed by atoms with Crippen molar-refractivity contribution in [3.05, 3.63) is 0 Å². The summed E-state index contributed by atoms with van der Waals surface area (Å²) in [5.74, 6) is -2.07. The third-order valence-corrected chi connectivity index (χ3v) is 3.48. The van der Waals surface area contributed by atoms with Crippen LogP contribution in [0.3, 0.4) is 0 Å². The van der Waals surface area contributed by atoms with Crippen LogP contribution in [0, 0.1) is 5.41 Å². The SMILES string of the molecule is CC(C)(CN)C(=O)NC(CCS(C)(=O)=O)C(=O)O. The standard InChI is InChI=1S/C10H20N2O5S/c1-10(2,6-11)9(15)12-7(8(13)14)4-5-18(3,16)17/h7H,4-6,11H2,1-3H3,(H,12,15)(H,13,14). The van der Waals surface area contributed by atoms with Crippen molar-refractivity contribution in [3.63, 3.8) is 0 Å². The molecular formula is C10H20N2O5S. The van der Waals surface area contributed by atoms with Crippen molar-refractivity contribution in [2.75, 3.05) is 18.6 Å². The molecule has 0 heterocycles. The molecule has 0 radical (unpaired) electrons. The Labute approximate surface area is 107 Å². The second-order valence-electron chi connectivity index (χ2n) is 4.87. The summed E-state index contributed by atoms with van der Waals surface area (Å²) in [7, 11) is -3.27. The van der Waals surface area contributed by atoms with E-state index in [1.165, 1.54) is 0 Å². The molecule has 0 aromatic carbocycles. The Morgan fingerprint density at radius 3 is 2.22 bits per heavy atom. The molecule has 0 aliphatic rings. The highest BCUT2D eigenvalue weighted by atomic mass is 32.2. The van der Waals surface area contributed by atoms with E-state index in [1.54, 1.807) is 13.8 Å².